The summed E-state index contributed by atoms with van der Waals surface area (Å²) in [5.74, 6) is -1.39. The fourth-order valence-electron chi connectivity index (χ4n) is 1.81. The van der Waals surface area contributed by atoms with Crippen molar-refractivity contribution in [1.82, 2.24) is 0 Å². The Kier molecular flexibility index (Phi) is 7.32. The van der Waals surface area contributed by atoms with Gasteiger partial charge in [0.05, 0.1) is 14.2 Å². The van der Waals surface area contributed by atoms with Gasteiger partial charge in [0.25, 0.3) is 0 Å². The van der Waals surface area contributed by atoms with Crippen molar-refractivity contribution in [3.63, 3.8) is 0 Å². The highest BCUT2D eigenvalue weighted by atomic mass is 16.5. The third-order valence-electron chi connectivity index (χ3n) is 2.92. The molecule has 0 rings (SSSR count). The zero-order valence-electron chi connectivity index (χ0n) is 12.2. The third-order valence-corrected chi connectivity index (χ3v) is 2.92. The molecule has 4 nitrogen and oxygen atoms in total. The number of allylic oxidation sites excluding steroid dienone is 2. The summed E-state index contributed by atoms with van der Waals surface area (Å²) < 4.78 is 9.27. The van der Waals surface area contributed by atoms with E-state index in [4.69, 9.17) is 0 Å². The van der Waals surface area contributed by atoms with Crippen LogP contribution in [0.4, 0.5) is 0 Å². The maximum atomic E-state index is 11.5. The molecule has 0 aliphatic rings. The molecular weight excluding hydrogens is 232 g/mol. The average Bonchev–Trinajstić information content (AvgIpc) is 2.32. The Balaban J connectivity index is 4.87. The van der Waals surface area contributed by atoms with E-state index in [0.29, 0.717) is 12.3 Å². The Hall–Kier alpha value is -1.32. The number of esters is 2. The molecule has 0 aliphatic carbocycles. The van der Waals surface area contributed by atoms with Crippen molar-refractivity contribution in [2.24, 2.45) is 11.8 Å². The molecule has 4 heteroatoms. The normalized spacial score (nSPS) is 12.4. The first-order valence-electron chi connectivity index (χ1n) is 6.14. The third kappa shape index (κ3) is 5.34. The predicted octanol–water partition coefficient (Wildman–Crippen LogP) is 2.72. The van der Waals surface area contributed by atoms with Crippen LogP contribution in [0.25, 0.3) is 0 Å². The van der Waals surface area contributed by atoms with E-state index in [9.17, 15) is 9.59 Å². The van der Waals surface area contributed by atoms with Gasteiger partial charge in [0.1, 0.15) is 0 Å². The average molecular weight is 256 g/mol. The van der Waals surface area contributed by atoms with Crippen LogP contribution in [0.1, 0.15) is 40.5 Å². The number of hydrogen-bond acceptors (Lipinski definition) is 4. The van der Waals surface area contributed by atoms with Crippen molar-refractivity contribution < 1.29 is 19.1 Å². The fourth-order valence-corrected chi connectivity index (χ4v) is 1.81. The van der Waals surface area contributed by atoms with Crippen LogP contribution >= 0.6 is 0 Å². The molecule has 0 saturated heterocycles. The summed E-state index contributed by atoms with van der Waals surface area (Å²) in [5, 5.41) is 0. The summed E-state index contributed by atoms with van der Waals surface area (Å²) in [6.07, 6.45) is 1.32. The van der Waals surface area contributed by atoms with E-state index >= 15 is 0 Å². The highest BCUT2D eigenvalue weighted by Gasteiger charge is 2.29. The van der Waals surface area contributed by atoms with Crippen LogP contribution < -0.4 is 0 Å². The Labute approximate surface area is 109 Å². The number of methoxy groups -OCH3 is 2. The minimum absolute atomic E-state index is 0.359. The molecule has 0 spiro atoms. The number of carbonyl (C=O) groups excluding carboxylic acids is 2. The van der Waals surface area contributed by atoms with Gasteiger partial charge in [-0.15, -0.1) is 0 Å². The van der Waals surface area contributed by atoms with Crippen LogP contribution in [0, 0.1) is 11.8 Å². The number of rotatable bonds is 6. The van der Waals surface area contributed by atoms with E-state index < -0.39 is 17.9 Å². The summed E-state index contributed by atoms with van der Waals surface area (Å²) in [7, 11) is 2.55. The van der Waals surface area contributed by atoms with E-state index in [0.717, 1.165) is 12.0 Å². The standard InChI is InChI=1S/C14H24O4/c1-9(2)7-10(3)11(4)8-12(13(15)17-5)14(16)18-6/h9,12H,7-8H2,1-6H3/b11-10-. The lowest BCUT2D eigenvalue weighted by atomic mass is 9.93. The molecule has 0 atom stereocenters. The summed E-state index contributed by atoms with van der Waals surface area (Å²) >= 11 is 0. The Morgan fingerprint density at radius 1 is 0.889 bits per heavy atom. The molecule has 0 aromatic carbocycles. The monoisotopic (exact) mass is 256 g/mol. The van der Waals surface area contributed by atoms with E-state index in [1.807, 2.05) is 13.8 Å². The van der Waals surface area contributed by atoms with Crippen LogP contribution in [-0.4, -0.2) is 26.2 Å². The Morgan fingerprint density at radius 2 is 1.28 bits per heavy atom. The minimum atomic E-state index is -0.859. The molecule has 0 radical (unpaired) electrons. The van der Waals surface area contributed by atoms with Crippen molar-refractivity contribution in [3.05, 3.63) is 11.1 Å². The number of ether oxygens (including phenoxy) is 2. The molecule has 0 N–H and O–H groups in total. The Bertz CT molecular complexity index is 313. The lowest BCUT2D eigenvalue weighted by molar-refractivity contribution is -0.158. The van der Waals surface area contributed by atoms with Crippen LogP contribution in [0.15, 0.2) is 11.1 Å². The zero-order chi connectivity index (χ0) is 14.3. The van der Waals surface area contributed by atoms with Crippen molar-refractivity contribution >= 4 is 11.9 Å². The lowest BCUT2D eigenvalue weighted by Crippen LogP contribution is -2.27. The van der Waals surface area contributed by atoms with Crippen LogP contribution in [-0.2, 0) is 19.1 Å². The number of hydrogen-bond donors (Lipinski definition) is 0. The molecular formula is C14H24O4. The molecule has 0 aromatic rings. The van der Waals surface area contributed by atoms with Gasteiger partial charge in [0.15, 0.2) is 5.92 Å². The first kappa shape index (κ1) is 16.7. The predicted molar refractivity (Wildman–Crippen MR) is 70.0 cm³/mol. The zero-order valence-corrected chi connectivity index (χ0v) is 12.2. The second-order valence-corrected chi connectivity index (χ2v) is 4.96. The van der Waals surface area contributed by atoms with Crippen LogP contribution in [0.2, 0.25) is 0 Å². The van der Waals surface area contributed by atoms with E-state index in [1.165, 1.54) is 19.8 Å². The molecule has 0 bridgehead atoms. The van der Waals surface area contributed by atoms with E-state index in [2.05, 4.69) is 23.3 Å². The van der Waals surface area contributed by atoms with Crippen LogP contribution in [0.3, 0.4) is 0 Å². The molecule has 0 heterocycles. The van der Waals surface area contributed by atoms with Gasteiger partial charge in [-0.2, -0.15) is 0 Å². The summed E-state index contributed by atoms with van der Waals surface area (Å²) in [4.78, 5) is 23.1. The topological polar surface area (TPSA) is 52.6 Å². The van der Waals surface area contributed by atoms with E-state index in [-0.39, 0.29) is 0 Å². The minimum Gasteiger partial charge on any atom is -0.468 e. The second kappa shape index (κ2) is 7.90. The summed E-state index contributed by atoms with van der Waals surface area (Å²) in [5.41, 5.74) is 2.26. The molecule has 0 saturated carbocycles. The molecule has 0 amide bonds. The first-order valence-corrected chi connectivity index (χ1v) is 6.14. The summed E-state index contributed by atoms with van der Waals surface area (Å²) in [6, 6.07) is 0. The molecule has 0 fully saturated rings. The SMILES string of the molecule is COC(=O)C(C/C(C)=C(/C)CC(C)C)C(=O)OC. The van der Waals surface area contributed by atoms with Crippen LogP contribution in [0.5, 0.6) is 0 Å². The van der Waals surface area contributed by atoms with Gasteiger partial charge in [-0.05, 0) is 32.6 Å². The van der Waals surface area contributed by atoms with Gasteiger partial charge in [0, 0.05) is 0 Å². The summed E-state index contributed by atoms with van der Waals surface area (Å²) in [6.45, 7) is 8.24. The molecule has 0 aliphatic heterocycles. The Morgan fingerprint density at radius 3 is 1.61 bits per heavy atom. The van der Waals surface area contributed by atoms with Crippen molar-refractivity contribution in [1.29, 1.82) is 0 Å². The molecule has 0 aromatic heterocycles. The fraction of sp³-hybridized carbons (Fsp3) is 0.714. The molecule has 0 unspecified atom stereocenters. The lowest BCUT2D eigenvalue weighted by Gasteiger charge is -2.15. The number of carbonyl (C=O) groups is 2. The smallest absolute Gasteiger partial charge is 0.320 e. The largest absolute Gasteiger partial charge is 0.468 e. The quantitative estimate of drug-likeness (QED) is 0.416. The van der Waals surface area contributed by atoms with Crippen molar-refractivity contribution in [2.75, 3.05) is 14.2 Å². The van der Waals surface area contributed by atoms with Gasteiger partial charge in [0.2, 0.25) is 0 Å². The maximum absolute atomic E-state index is 11.5. The molecule has 18 heavy (non-hydrogen) atoms. The van der Waals surface area contributed by atoms with E-state index in [1.54, 1.807) is 0 Å². The van der Waals surface area contributed by atoms with Gasteiger partial charge >= 0.3 is 11.9 Å². The molecule has 104 valence electrons. The van der Waals surface area contributed by atoms with Crippen molar-refractivity contribution in [3.8, 4) is 0 Å². The highest BCUT2D eigenvalue weighted by molar-refractivity contribution is 5.95. The van der Waals surface area contributed by atoms with Gasteiger partial charge in [-0.25, -0.2) is 0 Å². The van der Waals surface area contributed by atoms with Gasteiger partial charge < -0.3 is 9.47 Å². The maximum Gasteiger partial charge on any atom is 0.320 e. The van der Waals surface area contributed by atoms with Gasteiger partial charge in [-0.1, -0.05) is 25.0 Å². The van der Waals surface area contributed by atoms with Crippen molar-refractivity contribution in [2.45, 2.75) is 40.5 Å². The second-order valence-electron chi connectivity index (χ2n) is 4.96. The highest BCUT2D eigenvalue weighted by Crippen LogP contribution is 2.21. The van der Waals surface area contributed by atoms with Gasteiger partial charge in [-0.3, -0.25) is 9.59 Å². The first-order chi connectivity index (χ1) is 8.33.